The van der Waals surface area contributed by atoms with Gasteiger partial charge in [0.1, 0.15) is 17.7 Å². The smallest absolute Gasteiger partial charge is 0.421 e. The fourth-order valence-corrected chi connectivity index (χ4v) is 8.07. The number of carbonyl (C=O) groups excluding carboxylic acids is 4. The Morgan fingerprint density at radius 1 is 0.767 bits per heavy atom. The molecule has 2 saturated heterocycles. The lowest BCUT2D eigenvalue weighted by atomic mass is 9.92. The minimum Gasteiger partial charge on any atom is -0.474 e. The van der Waals surface area contributed by atoms with Crippen LogP contribution in [0.1, 0.15) is 64.8 Å². The number of anilines is 1. The molecule has 0 radical (unpaired) electrons. The summed E-state index contributed by atoms with van der Waals surface area (Å²) in [5.41, 5.74) is 2.97. The van der Waals surface area contributed by atoms with Crippen molar-refractivity contribution in [1.29, 1.82) is 0 Å². The average Bonchev–Trinajstić information content (AvgIpc) is 3.69. The zero-order valence-electron chi connectivity index (χ0n) is 32.3. The molecule has 312 valence electrons. The third-order valence-electron chi connectivity index (χ3n) is 11.4. The maximum atomic E-state index is 14.2. The van der Waals surface area contributed by atoms with Gasteiger partial charge in [0.2, 0.25) is 17.7 Å². The first-order chi connectivity index (χ1) is 29.0. The average molecular weight is 827 g/mol. The van der Waals surface area contributed by atoms with Crippen molar-refractivity contribution >= 4 is 51.1 Å². The van der Waals surface area contributed by atoms with Crippen molar-refractivity contribution in [2.24, 2.45) is 0 Å². The molecule has 2 N–H and O–H groups in total. The molecular weight excluding hydrogens is 786 g/mol. The van der Waals surface area contributed by atoms with Crippen LogP contribution in [0.25, 0.3) is 32.9 Å². The minimum absolute atomic E-state index is 0.0137. The van der Waals surface area contributed by atoms with Gasteiger partial charge < -0.3 is 28.8 Å². The fraction of sp³-hybridized carbons (Fsp3) is 0.395. The molecule has 4 amide bonds. The van der Waals surface area contributed by atoms with Gasteiger partial charge in [-0.25, -0.2) is 4.98 Å². The van der Waals surface area contributed by atoms with E-state index in [4.69, 9.17) is 18.9 Å². The van der Waals surface area contributed by atoms with Crippen LogP contribution in [-0.2, 0) is 30.0 Å². The maximum Gasteiger partial charge on any atom is 0.421 e. The number of ether oxygens (including phenoxy) is 4. The third kappa shape index (κ3) is 7.91. The van der Waals surface area contributed by atoms with Gasteiger partial charge in [-0.05, 0) is 61.2 Å². The Bertz CT molecular complexity index is 2480. The van der Waals surface area contributed by atoms with Gasteiger partial charge in [-0.3, -0.25) is 34.4 Å². The number of imide groups is 2. The molecule has 3 aliphatic heterocycles. The van der Waals surface area contributed by atoms with E-state index in [1.807, 2.05) is 23.1 Å². The number of piperidine rings is 1. The van der Waals surface area contributed by atoms with E-state index >= 15 is 0 Å². The standard InChI is InChI=1S/C43H41F3N6O8/c44-43(45,46)34-15-25(24-3-5-30-33-21-47-10-9-35(33)49-36(30)16-24)20-48-40(34)60-28-18-27(19-28)58-13-1-11-57-12-2-14-59-29-22-51(23-29)26-4-6-31-32(17-26)42(56)52(41(31)55)37-7-8-38(53)50-39(37)54/h3-6,9-10,15-17,20-21,27-29,37,49H,1-2,7-8,11-14,18-19,22-23H2,(H,50,53,54)/t27-,28-,37?. The predicted octanol–water partition coefficient (Wildman–Crippen LogP) is 5.83. The van der Waals surface area contributed by atoms with E-state index in [9.17, 15) is 32.3 Å². The van der Waals surface area contributed by atoms with Crippen LogP contribution in [0.3, 0.4) is 0 Å². The first kappa shape index (κ1) is 39.5. The van der Waals surface area contributed by atoms with E-state index < -0.39 is 53.4 Å². The second-order valence-corrected chi connectivity index (χ2v) is 15.5. The number of fused-ring (bicyclic) bond motifs is 4. The molecule has 3 aromatic heterocycles. The van der Waals surface area contributed by atoms with E-state index in [1.54, 1.807) is 36.7 Å². The SMILES string of the molecule is O=C1CCC(N2C(=O)c3ccc(N4CC(OCCCOCCCO[C@H]5C[C@H](Oc6ncc(-c7ccc8c(c7)[nH]c7ccncc78)cc6C(F)(F)F)C5)C4)cc3C2=O)C(=O)N1. The number of aromatic nitrogens is 3. The van der Waals surface area contributed by atoms with Crippen LogP contribution in [0.2, 0.25) is 0 Å². The van der Waals surface area contributed by atoms with Gasteiger partial charge in [0.15, 0.2) is 0 Å². The van der Waals surface area contributed by atoms with Crippen molar-refractivity contribution in [3.8, 4) is 17.0 Å². The summed E-state index contributed by atoms with van der Waals surface area (Å²) in [6.07, 6.45) is 2.16. The molecule has 60 heavy (non-hydrogen) atoms. The van der Waals surface area contributed by atoms with Crippen molar-refractivity contribution in [3.63, 3.8) is 0 Å². The normalized spacial score (nSPS) is 20.8. The summed E-state index contributed by atoms with van der Waals surface area (Å²) in [4.78, 5) is 64.5. The Morgan fingerprint density at radius 2 is 1.53 bits per heavy atom. The molecule has 1 aliphatic carbocycles. The lowest BCUT2D eigenvalue weighted by Crippen LogP contribution is -2.54. The lowest BCUT2D eigenvalue weighted by molar-refractivity contribution is -0.141. The topological polar surface area (TPSA) is 165 Å². The van der Waals surface area contributed by atoms with Crippen LogP contribution in [0, 0.1) is 0 Å². The summed E-state index contributed by atoms with van der Waals surface area (Å²) in [6, 6.07) is 12.4. The van der Waals surface area contributed by atoms with Crippen molar-refractivity contribution < 1.29 is 51.3 Å². The largest absolute Gasteiger partial charge is 0.474 e. The van der Waals surface area contributed by atoms with E-state index in [-0.39, 0.29) is 36.2 Å². The van der Waals surface area contributed by atoms with E-state index in [1.165, 1.54) is 6.20 Å². The molecule has 9 rings (SSSR count). The second kappa shape index (κ2) is 16.3. The number of hydrogen-bond donors (Lipinski definition) is 2. The van der Waals surface area contributed by atoms with Gasteiger partial charge in [0.25, 0.3) is 11.8 Å². The Morgan fingerprint density at radius 3 is 2.30 bits per heavy atom. The van der Waals surface area contributed by atoms with E-state index in [0.717, 1.165) is 38.5 Å². The quantitative estimate of drug-likeness (QED) is 0.0965. The van der Waals surface area contributed by atoms with Crippen LogP contribution < -0.4 is 15.0 Å². The highest BCUT2D eigenvalue weighted by Crippen LogP contribution is 2.40. The van der Waals surface area contributed by atoms with Gasteiger partial charge in [-0.15, -0.1) is 0 Å². The van der Waals surface area contributed by atoms with Gasteiger partial charge in [-0.1, -0.05) is 12.1 Å². The minimum atomic E-state index is -4.65. The highest BCUT2D eigenvalue weighted by atomic mass is 19.4. The number of alkyl halides is 3. The van der Waals surface area contributed by atoms with Crippen LogP contribution in [0.5, 0.6) is 5.88 Å². The van der Waals surface area contributed by atoms with E-state index in [0.29, 0.717) is 76.3 Å². The van der Waals surface area contributed by atoms with Crippen molar-refractivity contribution in [2.75, 3.05) is 44.4 Å². The molecule has 1 saturated carbocycles. The van der Waals surface area contributed by atoms with Gasteiger partial charge in [0, 0.05) is 110 Å². The molecule has 6 heterocycles. The Kier molecular flexibility index (Phi) is 10.7. The molecule has 0 bridgehead atoms. The molecule has 14 nitrogen and oxygen atoms in total. The highest BCUT2D eigenvalue weighted by molar-refractivity contribution is 6.23. The molecule has 17 heteroatoms. The van der Waals surface area contributed by atoms with Gasteiger partial charge in [-0.2, -0.15) is 13.2 Å². The third-order valence-corrected chi connectivity index (χ3v) is 11.4. The Labute approximate surface area is 341 Å². The number of carbonyl (C=O) groups is 4. The second-order valence-electron chi connectivity index (χ2n) is 15.5. The number of nitrogens with zero attached hydrogens (tertiary/aromatic N) is 4. The number of benzene rings is 2. The number of rotatable bonds is 15. The van der Waals surface area contributed by atoms with Crippen molar-refractivity contribution in [1.82, 2.24) is 25.2 Å². The Balaban J connectivity index is 0.645. The number of nitrogens with one attached hydrogen (secondary N) is 2. The zero-order valence-corrected chi connectivity index (χ0v) is 32.3. The first-order valence-corrected chi connectivity index (χ1v) is 20.0. The summed E-state index contributed by atoms with van der Waals surface area (Å²) in [6.45, 7) is 3.24. The zero-order chi connectivity index (χ0) is 41.5. The Hall–Kier alpha value is -5.91. The molecule has 0 spiro atoms. The van der Waals surface area contributed by atoms with Crippen molar-refractivity contribution in [2.45, 2.75) is 69.1 Å². The van der Waals surface area contributed by atoms with Crippen molar-refractivity contribution in [3.05, 3.63) is 83.8 Å². The van der Waals surface area contributed by atoms with Crippen LogP contribution in [0.4, 0.5) is 18.9 Å². The maximum absolute atomic E-state index is 14.2. The number of amides is 4. The van der Waals surface area contributed by atoms with Crippen LogP contribution in [-0.4, -0.2) is 107 Å². The lowest BCUT2D eigenvalue weighted by Gasteiger charge is -2.40. The monoisotopic (exact) mass is 826 g/mol. The molecule has 2 aromatic carbocycles. The number of hydrogen-bond acceptors (Lipinski definition) is 11. The molecule has 5 aromatic rings. The van der Waals surface area contributed by atoms with Gasteiger partial charge >= 0.3 is 6.18 Å². The molecule has 1 unspecified atom stereocenters. The molecule has 3 fully saturated rings. The first-order valence-electron chi connectivity index (χ1n) is 20.0. The molecule has 1 atom stereocenters. The summed E-state index contributed by atoms with van der Waals surface area (Å²) in [5.74, 6) is -2.56. The fourth-order valence-electron chi connectivity index (χ4n) is 8.07. The van der Waals surface area contributed by atoms with Crippen LogP contribution in [0.15, 0.2) is 67.1 Å². The number of H-pyrrole nitrogens is 1. The number of halogens is 3. The van der Waals surface area contributed by atoms with Crippen LogP contribution >= 0.6 is 0 Å². The summed E-state index contributed by atoms with van der Waals surface area (Å²) < 4.78 is 65.8. The highest BCUT2D eigenvalue weighted by Gasteiger charge is 2.45. The molecule has 4 aliphatic rings. The summed E-state index contributed by atoms with van der Waals surface area (Å²) in [5, 5.41) is 4.07. The molecular formula is C43H41F3N6O8. The predicted molar refractivity (Wildman–Crippen MR) is 210 cm³/mol. The number of aromatic amines is 1. The summed E-state index contributed by atoms with van der Waals surface area (Å²) in [7, 11) is 0. The van der Waals surface area contributed by atoms with Gasteiger partial charge in [0.05, 0.1) is 23.3 Å². The van der Waals surface area contributed by atoms with E-state index in [2.05, 4.69) is 20.3 Å². The number of pyridine rings is 2. The summed E-state index contributed by atoms with van der Waals surface area (Å²) >= 11 is 0.